The summed E-state index contributed by atoms with van der Waals surface area (Å²) in [6, 6.07) is 0. The van der Waals surface area contributed by atoms with E-state index >= 15 is 0 Å². The number of likely N-dealkylation sites (N-methyl/N-ethyl adjacent to an activating group) is 1. The predicted octanol–water partition coefficient (Wildman–Crippen LogP) is 1.21. The van der Waals surface area contributed by atoms with E-state index in [4.69, 9.17) is 0 Å². The Kier molecular flexibility index (Phi) is 5.52. The lowest BCUT2D eigenvalue weighted by Gasteiger charge is -2.04. The minimum absolute atomic E-state index is 0.220. The Bertz CT molecular complexity index is 252. The van der Waals surface area contributed by atoms with Gasteiger partial charge >= 0.3 is 0 Å². The van der Waals surface area contributed by atoms with Crippen LogP contribution in [0.4, 0.5) is 0 Å². The zero-order chi connectivity index (χ0) is 10.3. The first-order chi connectivity index (χ1) is 6.21. The summed E-state index contributed by atoms with van der Waals surface area (Å²) >= 11 is 0. The number of carbonyl (C=O) groups is 2. The van der Waals surface area contributed by atoms with Crippen molar-refractivity contribution in [3.05, 3.63) is 23.3 Å². The average molecular weight is 181 g/mol. The molecule has 3 nitrogen and oxygen atoms in total. The van der Waals surface area contributed by atoms with E-state index in [0.29, 0.717) is 17.4 Å². The summed E-state index contributed by atoms with van der Waals surface area (Å²) in [5.41, 5.74) is 0.878. The van der Waals surface area contributed by atoms with Crippen LogP contribution in [0, 0.1) is 0 Å². The third-order valence-electron chi connectivity index (χ3n) is 1.63. The van der Waals surface area contributed by atoms with Gasteiger partial charge in [-0.2, -0.15) is 0 Å². The molecule has 0 spiro atoms. The summed E-state index contributed by atoms with van der Waals surface area (Å²) in [6.45, 7) is 3.65. The standard InChI is InChI=1S/C10H15NO2/c1-4-6-9(10(13)11-3)8(5-2)7-12/h5-7H,4H2,1-3H3,(H,11,13)/b8-5-,9-6+. The number of hydrogen-bond donors (Lipinski definition) is 1. The Balaban J connectivity index is 4.91. The van der Waals surface area contributed by atoms with E-state index in [-0.39, 0.29) is 5.91 Å². The van der Waals surface area contributed by atoms with Crippen LogP contribution in [0.15, 0.2) is 23.3 Å². The SMILES string of the molecule is C/C=C(C=O)\C(=C/CC)C(=O)NC. The number of rotatable bonds is 4. The van der Waals surface area contributed by atoms with E-state index in [1.54, 1.807) is 26.1 Å². The number of carbonyl (C=O) groups excluding carboxylic acids is 2. The fourth-order valence-electron chi connectivity index (χ4n) is 0.967. The highest BCUT2D eigenvalue weighted by molar-refractivity contribution is 6.04. The summed E-state index contributed by atoms with van der Waals surface area (Å²) in [5, 5.41) is 2.49. The lowest BCUT2D eigenvalue weighted by atomic mass is 10.1. The molecule has 1 N–H and O–H groups in total. The molecule has 0 aromatic rings. The van der Waals surface area contributed by atoms with Crippen molar-refractivity contribution in [2.24, 2.45) is 0 Å². The Morgan fingerprint density at radius 2 is 2.08 bits per heavy atom. The van der Waals surface area contributed by atoms with Gasteiger partial charge in [-0.3, -0.25) is 9.59 Å². The number of aldehydes is 1. The van der Waals surface area contributed by atoms with Crippen LogP contribution in [0.1, 0.15) is 20.3 Å². The topological polar surface area (TPSA) is 46.2 Å². The van der Waals surface area contributed by atoms with E-state index in [1.165, 1.54) is 0 Å². The second-order valence-electron chi connectivity index (χ2n) is 2.47. The van der Waals surface area contributed by atoms with E-state index in [1.807, 2.05) is 6.92 Å². The minimum atomic E-state index is -0.220. The summed E-state index contributed by atoms with van der Waals surface area (Å²) < 4.78 is 0. The van der Waals surface area contributed by atoms with Crippen molar-refractivity contribution >= 4 is 12.2 Å². The van der Waals surface area contributed by atoms with Gasteiger partial charge in [0.2, 0.25) is 0 Å². The van der Waals surface area contributed by atoms with E-state index < -0.39 is 0 Å². The van der Waals surface area contributed by atoms with Crippen molar-refractivity contribution in [2.45, 2.75) is 20.3 Å². The second kappa shape index (κ2) is 6.17. The number of allylic oxidation sites excluding steroid dienone is 2. The molecular formula is C10H15NO2. The zero-order valence-corrected chi connectivity index (χ0v) is 8.26. The van der Waals surface area contributed by atoms with Crippen LogP contribution >= 0.6 is 0 Å². The third-order valence-corrected chi connectivity index (χ3v) is 1.63. The van der Waals surface area contributed by atoms with Gasteiger partial charge in [-0.15, -0.1) is 0 Å². The molecule has 0 radical (unpaired) electrons. The van der Waals surface area contributed by atoms with Crippen LogP contribution in [-0.2, 0) is 9.59 Å². The lowest BCUT2D eigenvalue weighted by molar-refractivity contribution is -0.117. The molecule has 13 heavy (non-hydrogen) atoms. The van der Waals surface area contributed by atoms with Crippen LogP contribution in [0.25, 0.3) is 0 Å². The van der Waals surface area contributed by atoms with Gasteiger partial charge in [-0.1, -0.05) is 19.1 Å². The first-order valence-corrected chi connectivity index (χ1v) is 4.25. The van der Waals surface area contributed by atoms with E-state index in [0.717, 1.165) is 6.42 Å². The molecule has 0 aromatic heterocycles. The molecule has 0 saturated heterocycles. The van der Waals surface area contributed by atoms with Crippen molar-refractivity contribution in [1.29, 1.82) is 0 Å². The molecule has 0 aliphatic heterocycles. The fourth-order valence-corrected chi connectivity index (χ4v) is 0.967. The summed E-state index contributed by atoms with van der Waals surface area (Å²) in [5.74, 6) is -0.220. The van der Waals surface area contributed by atoms with Gasteiger partial charge in [0.25, 0.3) is 5.91 Å². The first kappa shape index (κ1) is 11.6. The maximum atomic E-state index is 11.3. The molecule has 3 heteroatoms. The van der Waals surface area contributed by atoms with Gasteiger partial charge < -0.3 is 5.32 Å². The van der Waals surface area contributed by atoms with Gasteiger partial charge in [-0.25, -0.2) is 0 Å². The van der Waals surface area contributed by atoms with Gasteiger partial charge in [0.05, 0.1) is 0 Å². The van der Waals surface area contributed by atoms with Gasteiger partial charge in [0, 0.05) is 18.2 Å². The maximum Gasteiger partial charge on any atom is 0.251 e. The monoisotopic (exact) mass is 181 g/mol. The van der Waals surface area contributed by atoms with Crippen LogP contribution in [0.3, 0.4) is 0 Å². The maximum absolute atomic E-state index is 11.3. The van der Waals surface area contributed by atoms with Crippen molar-refractivity contribution in [3.63, 3.8) is 0 Å². The van der Waals surface area contributed by atoms with E-state index in [2.05, 4.69) is 5.32 Å². The second-order valence-corrected chi connectivity index (χ2v) is 2.47. The molecular weight excluding hydrogens is 166 g/mol. The van der Waals surface area contributed by atoms with Gasteiger partial charge in [0.15, 0.2) is 6.29 Å². The molecule has 0 aliphatic rings. The average Bonchev–Trinajstić information content (AvgIpc) is 2.17. The minimum Gasteiger partial charge on any atom is -0.355 e. The largest absolute Gasteiger partial charge is 0.355 e. The normalized spacial score (nSPS) is 12.5. The molecule has 0 bridgehead atoms. The number of nitrogens with one attached hydrogen (secondary N) is 1. The predicted molar refractivity (Wildman–Crippen MR) is 52.3 cm³/mol. The first-order valence-electron chi connectivity index (χ1n) is 4.25. The van der Waals surface area contributed by atoms with Gasteiger partial charge in [-0.05, 0) is 13.3 Å². The zero-order valence-electron chi connectivity index (χ0n) is 8.26. The van der Waals surface area contributed by atoms with Crippen molar-refractivity contribution < 1.29 is 9.59 Å². The fraction of sp³-hybridized carbons (Fsp3) is 0.400. The third kappa shape index (κ3) is 3.23. The molecule has 0 aliphatic carbocycles. The Hall–Kier alpha value is -1.38. The molecule has 0 rings (SSSR count). The molecule has 1 amide bonds. The van der Waals surface area contributed by atoms with Crippen molar-refractivity contribution in [1.82, 2.24) is 5.32 Å². The molecule has 0 saturated carbocycles. The molecule has 0 heterocycles. The molecule has 0 aromatic carbocycles. The summed E-state index contributed by atoms with van der Waals surface area (Å²) in [7, 11) is 1.55. The number of amides is 1. The quantitative estimate of drug-likeness (QED) is 0.402. The highest BCUT2D eigenvalue weighted by Gasteiger charge is 2.10. The highest BCUT2D eigenvalue weighted by atomic mass is 16.1. The summed E-state index contributed by atoms with van der Waals surface area (Å²) in [4.78, 5) is 21.9. The molecule has 0 unspecified atom stereocenters. The Labute approximate surface area is 78.5 Å². The van der Waals surface area contributed by atoms with Crippen LogP contribution < -0.4 is 5.32 Å². The lowest BCUT2D eigenvalue weighted by Crippen LogP contribution is -2.21. The smallest absolute Gasteiger partial charge is 0.251 e. The van der Waals surface area contributed by atoms with Crippen LogP contribution in [0.5, 0.6) is 0 Å². The van der Waals surface area contributed by atoms with Crippen LogP contribution in [0.2, 0.25) is 0 Å². The molecule has 0 fully saturated rings. The van der Waals surface area contributed by atoms with Gasteiger partial charge in [0.1, 0.15) is 0 Å². The molecule has 72 valence electrons. The summed E-state index contributed by atoms with van der Waals surface area (Å²) in [6.07, 6.45) is 4.79. The van der Waals surface area contributed by atoms with Crippen molar-refractivity contribution in [2.75, 3.05) is 7.05 Å². The van der Waals surface area contributed by atoms with Crippen molar-refractivity contribution in [3.8, 4) is 0 Å². The Morgan fingerprint density at radius 1 is 1.46 bits per heavy atom. The number of hydrogen-bond acceptors (Lipinski definition) is 2. The van der Waals surface area contributed by atoms with Crippen LogP contribution in [-0.4, -0.2) is 19.2 Å². The highest BCUT2D eigenvalue weighted by Crippen LogP contribution is 2.08. The van der Waals surface area contributed by atoms with E-state index in [9.17, 15) is 9.59 Å². The Morgan fingerprint density at radius 3 is 2.38 bits per heavy atom. The molecule has 0 atom stereocenters.